The summed E-state index contributed by atoms with van der Waals surface area (Å²) in [6.45, 7) is 1.90. The molecule has 0 aromatic carbocycles. The Bertz CT molecular complexity index is 115. The molecule has 0 bridgehead atoms. The Hall–Kier alpha value is 0.0500. The minimum atomic E-state index is -0.252. The molecule has 0 aliphatic carbocycles. The number of alkyl halides is 2. The van der Waals surface area contributed by atoms with Gasteiger partial charge in [-0.3, -0.25) is 4.79 Å². The van der Waals surface area contributed by atoms with E-state index >= 15 is 0 Å². The van der Waals surface area contributed by atoms with Gasteiger partial charge in [-0.2, -0.15) is 0 Å². The summed E-state index contributed by atoms with van der Waals surface area (Å²) >= 11 is 10.8. The molecular formula is C7H12Cl2O2. The Labute approximate surface area is 76.8 Å². The quantitative estimate of drug-likeness (QED) is 0.502. The summed E-state index contributed by atoms with van der Waals surface area (Å²) in [5.41, 5.74) is 0. The molecular weight excluding hydrogens is 187 g/mol. The summed E-state index contributed by atoms with van der Waals surface area (Å²) in [6.07, 6.45) is 2.00. The lowest BCUT2D eigenvalue weighted by Gasteiger charge is -2.01. The van der Waals surface area contributed by atoms with Gasteiger partial charge in [-0.15, -0.1) is 11.6 Å². The van der Waals surface area contributed by atoms with E-state index in [0.29, 0.717) is 6.42 Å². The molecule has 2 nitrogen and oxygen atoms in total. The van der Waals surface area contributed by atoms with Gasteiger partial charge in [0.25, 0.3) is 0 Å². The SMILES string of the molecule is CC(Cl)CCCC(=O)OCCl. The second kappa shape index (κ2) is 6.74. The number of carbonyl (C=O) groups is 1. The van der Waals surface area contributed by atoms with Crippen LogP contribution in [0.1, 0.15) is 26.2 Å². The van der Waals surface area contributed by atoms with E-state index in [4.69, 9.17) is 23.2 Å². The van der Waals surface area contributed by atoms with E-state index in [1.165, 1.54) is 0 Å². The smallest absolute Gasteiger partial charge is 0.306 e. The summed E-state index contributed by atoms with van der Waals surface area (Å²) in [5, 5.41) is 0.124. The van der Waals surface area contributed by atoms with E-state index < -0.39 is 0 Å². The van der Waals surface area contributed by atoms with Gasteiger partial charge >= 0.3 is 5.97 Å². The third kappa shape index (κ3) is 7.95. The zero-order chi connectivity index (χ0) is 8.69. The van der Waals surface area contributed by atoms with Crippen molar-refractivity contribution in [3.63, 3.8) is 0 Å². The van der Waals surface area contributed by atoms with E-state index in [2.05, 4.69) is 4.74 Å². The van der Waals surface area contributed by atoms with Crippen LogP contribution < -0.4 is 0 Å². The summed E-state index contributed by atoms with van der Waals surface area (Å²) in [7, 11) is 0. The molecule has 0 N–H and O–H groups in total. The van der Waals surface area contributed by atoms with E-state index in [1.807, 2.05) is 6.92 Å². The first kappa shape index (κ1) is 11.1. The molecule has 1 unspecified atom stereocenters. The van der Waals surface area contributed by atoms with Gasteiger partial charge in [-0.25, -0.2) is 0 Å². The van der Waals surface area contributed by atoms with Crippen molar-refractivity contribution in [3.8, 4) is 0 Å². The standard InChI is InChI=1S/C7H12Cl2O2/c1-6(9)3-2-4-7(10)11-5-8/h6H,2-5H2,1H3. The maximum Gasteiger partial charge on any atom is 0.306 e. The lowest BCUT2D eigenvalue weighted by atomic mass is 10.2. The largest absolute Gasteiger partial charge is 0.449 e. The molecule has 0 saturated carbocycles. The van der Waals surface area contributed by atoms with Crippen molar-refractivity contribution < 1.29 is 9.53 Å². The molecule has 0 fully saturated rings. The highest BCUT2D eigenvalue weighted by Gasteiger charge is 2.02. The van der Waals surface area contributed by atoms with Crippen LogP contribution in [0.4, 0.5) is 0 Å². The van der Waals surface area contributed by atoms with Crippen LogP contribution in [0, 0.1) is 0 Å². The molecule has 0 amide bonds. The summed E-state index contributed by atoms with van der Waals surface area (Å²) in [5.74, 6) is -0.252. The number of ether oxygens (including phenoxy) is 1. The minimum absolute atomic E-state index is 0.0603. The molecule has 4 heteroatoms. The molecule has 66 valence electrons. The molecule has 0 aliphatic heterocycles. The predicted octanol–water partition coefficient (Wildman–Crippen LogP) is 2.52. The molecule has 0 saturated heterocycles. The second-order valence-electron chi connectivity index (χ2n) is 2.30. The Morgan fingerprint density at radius 1 is 1.64 bits per heavy atom. The normalized spacial score (nSPS) is 12.6. The number of rotatable bonds is 5. The highest BCUT2D eigenvalue weighted by atomic mass is 35.5. The average Bonchev–Trinajstić information content (AvgIpc) is 1.87. The number of halogens is 2. The van der Waals surface area contributed by atoms with Crippen LogP contribution in [-0.4, -0.2) is 17.4 Å². The van der Waals surface area contributed by atoms with Gasteiger partial charge < -0.3 is 4.74 Å². The topological polar surface area (TPSA) is 26.3 Å². The fourth-order valence-corrected chi connectivity index (χ4v) is 0.937. The number of carbonyl (C=O) groups excluding carboxylic acids is 1. The monoisotopic (exact) mass is 198 g/mol. The van der Waals surface area contributed by atoms with Gasteiger partial charge in [0.1, 0.15) is 0 Å². The fraction of sp³-hybridized carbons (Fsp3) is 0.857. The maximum absolute atomic E-state index is 10.7. The van der Waals surface area contributed by atoms with Crippen LogP contribution in [0.15, 0.2) is 0 Å². The van der Waals surface area contributed by atoms with Crippen LogP contribution in [-0.2, 0) is 9.53 Å². The van der Waals surface area contributed by atoms with Crippen molar-refractivity contribution in [1.29, 1.82) is 0 Å². The van der Waals surface area contributed by atoms with Crippen molar-refractivity contribution in [2.75, 3.05) is 6.07 Å². The molecule has 0 aliphatic rings. The molecule has 11 heavy (non-hydrogen) atoms. The summed E-state index contributed by atoms with van der Waals surface area (Å²) < 4.78 is 4.51. The Balaban J connectivity index is 3.17. The molecule has 0 aromatic rings. The first-order valence-electron chi connectivity index (χ1n) is 3.52. The Kier molecular flexibility index (Phi) is 6.77. The lowest BCUT2D eigenvalue weighted by Crippen LogP contribution is -2.03. The molecule has 0 rings (SSSR count). The van der Waals surface area contributed by atoms with Crippen LogP contribution >= 0.6 is 23.2 Å². The van der Waals surface area contributed by atoms with Crippen LogP contribution in [0.2, 0.25) is 0 Å². The average molecular weight is 199 g/mol. The number of hydrogen-bond donors (Lipinski definition) is 0. The van der Waals surface area contributed by atoms with Gasteiger partial charge in [0.2, 0.25) is 0 Å². The summed E-state index contributed by atoms with van der Waals surface area (Å²) in [4.78, 5) is 10.7. The predicted molar refractivity (Wildman–Crippen MR) is 46.0 cm³/mol. The van der Waals surface area contributed by atoms with Crippen molar-refractivity contribution in [3.05, 3.63) is 0 Å². The van der Waals surface area contributed by atoms with Gasteiger partial charge in [0.15, 0.2) is 6.07 Å². The van der Waals surface area contributed by atoms with E-state index in [-0.39, 0.29) is 17.4 Å². The zero-order valence-corrected chi connectivity index (χ0v) is 7.99. The van der Waals surface area contributed by atoms with Gasteiger partial charge in [0, 0.05) is 11.8 Å². The molecule has 0 spiro atoms. The minimum Gasteiger partial charge on any atom is -0.449 e. The summed E-state index contributed by atoms with van der Waals surface area (Å²) in [6, 6.07) is -0.0603. The molecule has 0 radical (unpaired) electrons. The van der Waals surface area contributed by atoms with Crippen molar-refractivity contribution in [2.24, 2.45) is 0 Å². The second-order valence-corrected chi connectivity index (χ2v) is 3.26. The maximum atomic E-state index is 10.7. The van der Waals surface area contributed by atoms with E-state index in [9.17, 15) is 4.79 Å². The van der Waals surface area contributed by atoms with Crippen molar-refractivity contribution in [1.82, 2.24) is 0 Å². The van der Waals surface area contributed by atoms with Crippen molar-refractivity contribution >= 4 is 29.2 Å². The van der Waals surface area contributed by atoms with Gasteiger partial charge in [-0.05, 0) is 19.8 Å². The molecule has 0 aromatic heterocycles. The van der Waals surface area contributed by atoms with E-state index in [0.717, 1.165) is 12.8 Å². The first-order chi connectivity index (χ1) is 5.16. The fourth-order valence-electron chi connectivity index (χ4n) is 0.661. The van der Waals surface area contributed by atoms with Gasteiger partial charge in [-0.1, -0.05) is 11.6 Å². The van der Waals surface area contributed by atoms with E-state index in [1.54, 1.807) is 0 Å². The van der Waals surface area contributed by atoms with Crippen molar-refractivity contribution in [2.45, 2.75) is 31.6 Å². The number of hydrogen-bond acceptors (Lipinski definition) is 2. The van der Waals surface area contributed by atoms with Crippen LogP contribution in [0.3, 0.4) is 0 Å². The third-order valence-electron chi connectivity index (χ3n) is 1.20. The van der Waals surface area contributed by atoms with Gasteiger partial charge in [0.05, 0.1) is 0 Å². The zero-order valence-electron chi connectivity index (χ0n) is 6.48. The Morgan fingerprint density at radius 2 is 2.27 bits per heavy atom. The highest BCUT2D eigenvalue weighted by Crippen LogP contribution is 2.06. The van der Waals surface area contributed by atoms with Crippen LogP contribution in [0.25, 0.3) is 0 Å². The Morgan fingerprint density at radius 3 is 2.73 bits per heavy atom. The van der Waals surface area contributed by atoms with Crippen LogP contribution in [0.5, 0.6) is 0 Å². The third-order valence-corrected chi connectivity index (χ3v) is 1.53. The highest BCUT2D eigenvalue weighted by molar-refractivity contribution is 6.20. The lowest BCUT2D eigenvalue weighted by molar-refractivity contribution is -0.141. The first-order valence-corrected chi connectivity index (χ1v) is 4.49. The molecule has 1 atom stereocenters. The number of esters is 1. The molecule has 0 heterocycles.